The van der Waals surface area contributed by atoms with Gasteiger partial charge in [0.05, 0.1) is 14.2 Å². The van der Waals surface area contributed by atoms with Crippen LogP contribution in [0.2, 0.25) is 0 Å². The average molecular weight is 391 g/mol. The SMILES string of the molecule is CCc1ccc(NC(=O)c2ccc(OC)c(COc3ccccc3OC)c2)cc1. The molecule has 0 saturated heterocycles. The number of carbonyl (C=O) groups excluding carboxylic acids is 1. The van der Waals surface area contributed by atoms with Crippen LogP contribution in [0.3, 0.4) is 0 Å². The molecule has 0 spiro atoms. The second kappa shape index (κ2) is 9.64. The summed E-state index contributed by atoms with van der Waals surface area (Å²) < 4.78 is 16.6. The lowest BCUT2D eigenvalue weighted by molar-refractivity contribution is 0.102. The van der Waals surface area contributed by atoms with Crippen molar-refractivity contribution in [3.05, 3.63) is 83.4 Å². The van der Waals surface area contributed by atoms with Crippen LogP contribution in [0.4, 0.5) is 5.69 Å². The molecule has 0 aromatic heterocycles. The maximum absolute atomic E-state index is 12.7. The topological polar surface area (TPSA) is 56.8 Å². The van der Waals surface area contributed by atoms with Crippen molar-refractivity contribution in [2.75, 3.05) is 19.5 Å². The Labute approximate surface area is 171 Å². The quantitative estimate of drug-likeness (QED) is 0.581. The van der Waals surface area contributed by atoms with Crippen LogP contribution in [0.15, 0.2) is 66.7 Å². The summed E-state index contributed by atoms with van der Waals surface area (Å²) in [5.74, 6) is 1.75. The van der Waals surface area contributed by atoms with Gasteiger partial charge in [-0.25, -0.2) is 0 Å². The molecule has 3 aromatic rings. The third kappa shape index (κ3) is 5.08. The summed E-state index contributed by atoms with van der Waals surface area (Å²) in [4.78, 5) is 12.7. The predicted octanol–water partition coefficient (Wildman–Crippen LogP) is 5.10. The normalized spacial score (nSPS) is 10.3. The largest absolute Gasteiger partial charge is 0.496 e. The van der Waals surface area contributed by atoms with E-state index >= 15 is 0 Å². The Morgan fingerprint density at radius 1 is 0.862 bits per heavy atom. The van der Waals surface area contributed by atoms with Gasteiger partial charge in [-0.15, -0.1) is 0 Å². The van der Waals surface area contributed by atoms with E-state index in [1.54, 1.807) is 32.4 Å². The van der Waals surface area contributed by atoms with E-state index in [1.807, 2.05) is 48.5 Å². The first kappa shape index (κ1) is 20.3. The lowest BCUT2D eigenvalue weighted by Gasteiger charge is -2.14. The molecule has 0 aliphatic heterocycles. The number of methoxy groups -OCH3 is 2. The second-order valence-corrected chi connectivity index (χ2v) is 6.47. The maximum atomic E-state index is 12.7. The number of para-hydroxylation sites is 2. The first-order valence-electron chi connectivity index (χ1n) is 9.47. The van der Waals surface area contributed by atoms with Crippen molar-refractivity contribution in [1.82, 2.24) is 0 Å². The summed E-state index contributed by atoms with van der Waals surface area (Å²) in [6.45, 7) is 2.34. The van der Waals surface area contributed by atoms with Gasteiger partial charge < -0.3 is 19.5 Å². The Morgan fingerprint density at radius 2 is 1.55 bits per heavy atom. The fraction of sp³-hybridized carbons (Fsp3) is 0.208. The van der Waals surface area contributed by atoms with Crippen LogP contribution in [-0.2, 0) is 13.0 Å². The summed E-state index contributed by atoms with van der Waals surface area (Å²) >= 11 is 0. The van der Waals surface area contributed by atoms with Gasteiger partial charge in [0.15, 0.2) is 11.5 Å². The number of carbonyl (C=O) groups is 1. The van der Waals surface area contributed by atoms with E-state index in [0.717, 1.165) is 17.7 Å². The lowest BCUT2D eigenvalue weighted by Crippen LogP contribution is -2.13. The van der Waals surface area contributed by atoms with Crippen LogP contribution in [0.25, 0.3) is 0 Å². The minimum absolute atomic E-state index is 0.185. The van der Waals surface area contributed by atoms with Gasteiger partial charge in [-0.05, 0) is 54.4 Å². The van der Waals surface area contributed by atoms with Crippen LogP contribution in [0.5, 0.6) is 17.2 Å². The molecule has 0 aliphatic carbocycles. The van der Waals surface area contributed by atoms with Crippen molar-refractivity contribution in [1.29, 1.82) is 0 Å². The number of aryl methyl sites for hydroxylation is 1. The molecule has 0 heterocycles. The summed E-state index contributed by atoms with van der Waals surface area (Å²) in [5.41, 5.74) is 3.29. The highest BCUT2D eigenvalue weighted by molar-refractivity contribution is 6.04. The molecule has 3 rings (SSSR count). The number of rotatable bonds is 8. The first-order chi connectivity index (χ1) is 14.1. The van der Waals surface area contributed by atoms with Crippen molar-refractivity contribution < 1.29 is 19.0 Å². The zero-order chi connectivity index (χ0) is 20.6. The van der Waals surface area contributed by atoms with E-state index in [0.29, 0.717) is 22.8 Å². The van der Waals surface area contributed by atoms with Gasteiger partial charge in [0, 0.05) is 16.8 Å². The van der Waals surface area contributed by atoms with E-state index in [2.05, 4.69) is 12.2 Å². The molecule has 0 fully saturated rings. The summed E-state index contributed by atoms with van der Waals surface area (Å²) in [7, 11) is 3.19. The van der Waals surface area contributed by atoms with Crippen molar-refractivity contribution in [2.24, 2.45) is 0 Å². The van der Waals surface area contributed by atoms with E-state index in [1.165, 1.54) is 5.56 Å². The zero-order valence-electron chi connectivity index (χ0n) is 16.9. The molecule has 0 saturated carbocycles. The highest BCUT2D eigenvalue weighted by Crippen LogP contribution is 2.28. The van der Waals surface area contributed by atoms with E-state index in [4.69, 9.17) is 14.2 Å². The number of benzene rings is 3. The number of anilines is 1. The molecule has 0 unspecified atom stereocenters. The minimum Gasteiger partial charge on any atom is -0.496 e. The minimum atomic E-state index is -0.185. The predicted molar refractivity (Wildman–Crippen MR) is 114 cm³/mol. The molecule has 5 nitrogen and oxygen atoms in total. The van der Waals surface area contributed by atoms with Gasteiger partial charge >= 0.3 is 0 Å². The van der Waals surface area contributed by atoms with Crippen molar-refractivity contribution >= 4 is 11.6 Å². The molecular weight excluding hydrogens is 366 g/mol. The number of amides is 1. The van der Waals surface area contributed by atoms with Crippen molar-refractivity contribution in [3.63, 3.8) is 0 Å². The van der Waals surface area contributed by atoms with Crippen LogP contribution in [0.1, 0.15) is 28.4 Å². The van der Waals surface area contributed by atoms with E-state index in [-0.39, 0.29) is 12.5 Å². The Bertz CT molecular complexity index is 967. The van der Waals surface area contributed by atoms with Gasteiger partial charge in [-0.3, -0.25) is 4.79 Å². The summed E-state index contributed by atoms with van der Waals surface area (Å²) in [5, 5.41) is 2.93. The summed E-state index contributed by atoms with van der Waals surface area (Å²) in [6.07, 6.45) is 0.961. The Kier molecular flexibility index (Phi) is 6.74. The van der Waals surface area contributed by atoms with Crippen LogP contribution >= 0.6 is 0 Å². The molecule has 1 N–H and O–H groups in total. The fourth-order valence-electron chi connectivity index (χ4n) is 2.95. The van der Waals surface area contributed by atoms with Crippen molar-refractivity contribution in [2.45, 2.75) is 20.0 Å². The van der Waals surface area contributed by atoms with Crippen LogP contribution in [-0.4, -0.2) is 20.1 Å². The van der Waals surface area contributed by atoms with Crippen LogP contribution in [0, 0.1) is 0 Å². The number of ether oxygens (including phenoxy) is 3. The highest BCUT2D eigenvalue weighted by atomic mass is 16.5. The third-order valence-corrected chi connectivity index (χ3v) is 4.61. The molecule has 0 bridgehead atoms. The molecule has 0 atom stereocenters. The zero-order valence-corrected chi connectivity index (χ0v) is 16.9. The third-order valence-electron chi connectivity index (χ3n) is 4.61. The number of hydrogen-bond donors (Lipinski definition) is 1. The molecule has 3 aromatic carbocycles. The highest BCUT2D eigenvalue weighted by Gasteiger charge is 2.12. The molecular formula is C24H25NO4. The smallest absolute Gasteiger partial charge is 0.255 e. The van der Waals surface area contributed by atoms with Gasteiger partial charge in [0.25, 0.3) is 5.91 Å². The lowest BCUT2D eigenvalue weighted by atomic mass is 10.1. The van der Waals surface area contributed by atoms with Gasteiger partial charge in [0.1, 0.15) is 12.4 Å². The number of nitrogens with one attached hydrogen (secondary N) is 1. The molecule has 1 amide bonds. The Hall–Kier alpha value is -3.47. The molecule has 29 heavy (non-hydrogen) atoms. The van der Waals surface area contributed by atoms with E-state index in [9.17, 15) is 4.79 Å². The van der Waals surface area contributed by atoms with Crippen LogP contribution < -0.4 is 19.5 Å². The fourth-order valence-corrected chi connectivity index (χ4v) is 2.95. The molecule has 0 aliphatic rings. The first-order valence-corrected chi connectivity index (χ1v) is 9.47. The van der Waals surface area contributed by atoms with Gasteiger partial charge in [-0.2, -0.15) is 0 Å². The standard InChI is InChI=1S/C24H25NO4/c1-4-17-9-12-20(13-10-17)25-24(26)18-11-14-21(27-2)19(15-18)16-29-23-8-6-5-7-22(23)28-3/h5-15H,4,16H2,1-3H3,(H,25,26). The Balaban J connectivity index is 1.75. The maximum Gasteiger partial charge on any atom is 0.255 e. The van der Waals surface area contributed by atoms with Crippen molar-refractivity contribution in [3.8, 4) is 17.2 Å². The van der Waals surface area contributed by atoms with Gasteiger partial charge in [-0.1, -0.05) is 31.2 Å². The molecule has 0 radical (unpaired) electrons. The Morgan fingerprint density at radius 3 is 2.21 bits per heavy atom. The average Bonchev–Trinajstić information content (AvgIpc) is 2.78. The molecule has 150 valence electrons. The van der Waals surface area contributed by atoms with E-state index < -0.39 is 0 Å². The van der Waals surface area contributed by atoms with Gasteiger partial charge in [0.2, 0.25) is 0 Å². The second-order valence-electron chi connectivity index (χ2n) is 6.47. The number of hydrogen-bond acceptors (Lipinski definition) is 4. The summed E-state index contributed by atoms with van der Waals surface area (Å²) in [6, 6.07) is 20.6. The molecule has 5 heteroatoms. The monoisotopic (exact) mass is 391 g/mol.